The van der Waals surface area contributed by atoms with Gasteiger partial charge in [-0.25, -0.2) is 0 Å². The minimum atomic E-state index is -1.10. The third kappa shape index (κ3) is 3.68. The number of hydrogen-bond donors (Lipinski definition) is 2. The molecule has 2 rings (SSSR count). The lowest BCUT2D eigenvalue weighted by Crippen LogP contribution is -2.41. The highest BCUT2D eigenvalue weighted by Crippen LogP contribution is 2.25. The SMILES string of the molecule is CC(=O)NC[C@@](O)(Cc1ccccc1)c1ccccc1. The topological polar surface area (TPSA) is 49.3 Å². The van der Waals surface area contributed by atoms with Crippen LogP contribution in [-0.4, -0.2) is 17.6 Å². The van der Waals surface area contributed by atoms with Gasteiger partial charge in [0.25, 0.3) is 0 Å². The van der Waals surface area contributed by atoms with Crippen molar-refractivity contribution in [2.45, 2.75) is 18.9 Å². The normalized spacial score (nSPS) is 13.5. The van der Waals surface area contributed by atoms with Crippen LogP contribution in [0.1, 0.15) is 18.1 Å². The molecule has 1 amide bonds. The molecule has 0 spiro atoms. The molecule has 0 saturated carbocycles. The van der Waals surface area contributed by atoms with Crippen LogP contribution in [0.25, 0.3) is 0 Å². The Kier molecular flexibility index (Phi) is 4.53. The van der Waals surface area contributed by atoms with Crippen molar-refractivity contribution in [3.63, 3.8) is 0 Å². The van der Waals surface area contributed by atoms with Crippen molar-refractivity contribution < 1.29 is 9.90 Å². The molecule has 0 heterocycles. The number of amides is 1. The number of hydrogen-bond acceptors (Lipinski definition) is 2. The molecule has 2 aromatic carbocycles. The lowest BCUT2D eigenvalue weighted by atomic mass is 9.87. The maximum Gasteiger partial charge on any atom is 0.216 e. The highest BCUT2D eigenvalue weighted by Gasteiger charge is 2.29. The van der Waals surface area contributed by atoms with Crippen LogP contribution in [0.2, 0.25) is 0 Å². The van der Waals surface area contributed by atoms with E-state index in [0.717, 1.165) is 11.1 Å². The van der Waals surface area contributed by atoms with E-state index in [1.807, 2.05) is 60.7 Å². The smallest absolute Gasteiger partial charge is 0.216 e. The Balaban J connectivity index is 2.26. The van der Waals surface area contributed by atoms with Crippen LogP contribution in [0.5, 0.6) is 0 Å². The van der Waals surface area contributed by atoms with Gasteiger partial charge in [0.05, 0.1) is 6.54 Å². The van der Waals surface area contributed by atoms with Gasteiger partial charge in [-0.3, -0.25) is 4.79 Å². The maximum absolute atomic E-state index is 11.2. The summed E-state index contributed by atoms with van der Waals surface area (Å²) in [5.74, 6) is -0.146. The molecule has 0 aliphatic heterocycles. The number of carbonyl (C=O) groups is 1. The van der Waals surface area contributed by atoms with E-state index in [1.165, 1.54) is 6.92 Å². The van der Waals surface area contributed by atoms with Crippen molar-refractivity contribution in [2.75, 3.05) is 6.54 Å². The van der Waals surface area contributed by atoms with Gasteiger partial charge < -0.3 is 10.4 Å². The highest BCUT2D eigenvalue weighted by molar-refractivity contribution is 5.72. The molecule has 2 aromatic rings. The molecule has 3 heteroatoms. The average Bonchev–Trinajstić information content (AvgIpc) is 2.47. The third-order valence-electron chi connectivity index (χ3n) is 3.28. The first-order valence-corrected chi connectivity index (χ1v) is 6.66. The van der Waals surface area contributed by atoms with Crippen molar-refractivity contribution in [2.24, 2.45) is 0 Å². The van der Waals surface area contributed by atoms with E-state index in [0.29, 0.717) is 6.42 Å². The van der Waals surface area contributed by atoms with Crippen LogP contribution in [0.15, 0.2) is 60.7 Å². The largest absolute Gasteiger partial charge is 0.383 e. The van der Waals surface area contributed by atoms with Crippen LogP contribution < -0.4 is 5.32 Å². The molecule has 2 N–H and O–H groups in total. The highest BCUT2D eigenvalue weighted by atomic mass is 16.3. The predicted octanol–water partition coefficient (Wildman–Crippen LogP) is 2.25. The third-order valence-corrected chi connectivity index (χ3v) is 3.28. The zero-order valence-electron chi connectivity index (χ0n) is 11.5. The second-order valence-electron chi connectivity index (χ2n) is 4.97. The van der Waals surface area contributed by atoms with Gasteiger partial charge in [0.15, 0.2) is 0 Å². The Bertz CT molecular complexity index is 554. The number of benzene rings is 2. The first kappa shape index (κ1) is 14.3. The fraction of sp³-hybridized carbons (Fsp3) is 0.235. The summed E-state index contributed by atoms with van der Waals surface area (Å²) in [5, 5.41) is 13.7. The van der Waals surface area contributed by atoms with E-state index >= 15 is 0 Å². The molecule has 0 fully saturated rings. The van der Waals surface area contributed by atoms with E-state index in [4.69, 9.17) is 0 Å². The first-order chi connectivity index (χ1) is 9.60. The molecule has 104 valence electrons. The molecule has 0 unspecified atom stereocenters. The second kappa shape index (κ2) is 6.35. The van der Waals surface area contributed by atoms with E-state index in [2.05, 4.69) is 5.32 Å². The first-order valence-electron chi connectivity index (χ1n) is 6.66. The van der Waals surface area contributed by atoms with Crippen LogP contribution in [0.4, 0.5) is 0 Å². The predicted molar refractivity (Wildman–Crippen MR) is 79.2 cm³/mol. The molecule has 0 aliphatic carbocycles. The summed E-state index contributed by atoms with van der Waals surface area (Å²) >= 11 is 0. The van der Waals surface area contributed by atoms with Crippen LogP contribution in [0.3, 0.4) is 0 Å². The van der Waals surface area contributed by atoms with Crippen LogP contribution >= 0.6 is 0 Å². The summed E-state index contributed by atoms with van der Waals surface area (Å²) in [6.45, 7) is 1.65. The Hall–Kier alpha value is -2.13. The van der Waals surface area contributed by atoms with Gasteiger partial charge in [0.2, 0.25) is 5.91 Å². The Labute approximate surface area is 119 Å². The zero-order valence-corrected chi connectivity index (χ0v) is 11.5. The zero-order chi connectivity index (χ0) is 14.4. The summed E-state index contributed by atoms with van der Waals surface area (Å²) in [6, 6.07) is 19.2. The Morgan fingerprint density at radius 1 is 1.05 bits per heavy atom. The van der Waals surface area contributed by atoms with Gasteiger partial charge in [0, 0.05) is 13.3 Å². The van der Waals surface area contributed by atoms with Gasteiger partial charge in [-0.2, -0.15) is 0 Å². The standard InChI is InChI=1S/C17H19NO2/c1-14(19)18-13-17(20,16-10-6-3-7-11-16)12-15-8-4-2-5-9-15/h2-11,20H,12-13H2,1H3,(H,18,19)/t17-/m0/s1. The van der Waals surface area contributed by atoms with E-state index in [1.54, 1.807) is 0 Å². The van der Waals surface area contributed by atoms with Crippen molar-refractivity contribution in [3.8, 4) is 0 Å². The van der Waals surface area contributed by atoms with Crippen molar-refractivity contribution in [3.05, 3.63) is 71.8 Å². The summed E-state index contributed by atoms with van der Waals surface area (Å²) in [5.41, 5.74) is 0.732. The van der Waals surface area contributed by atoms with Crippen molar-refractivity contribution in [1.82, 2.24) is 5.32 Å². The lowest BCUT2D eigenvalue weighted by Gasteiger charge is -2.29. The molecule has 0 bridgehead atoms. The Morgan fingerprint density at radius 2 is 1.60 bits per heavy atom. The van der Waals surface area contributed by atoms with Crippen LogP contribution in [0, 0.1) is 0 Å². The number of rotatable bonds is 5. The van der Waals surface area contributed by atoms with Gasteiger partial charge >= 0.3 is 0 Å². The van der Waals surface area contributed by atoms with Crippen molar-refractivity contribution in [1.29, 1.82) is 0 Å². The van der Waals surface area contributed by atoms with E-state index in [9.17, 15) is 9.90 Å². The monoisotopic (exact) mass is 269 g/mol. The van der Waals surface area contributed by atoms with Crippen molar-refractivity contribution >= 4 is 5.91 Å². The minimum Gasteiger partial charge on any atom is -0.383 e. The van der Waals surface area contributed by atoms with Gasteiger partial charge in [0.1, 0.15) is 5.60 Å². The second-order valence-corrected chi connectivity index (χ2v) is 4.97. The summed E-state index contributed by atoms with van der Waals surface area (Å²) < 4.78 is 0. The van der Waals surface area contributed by atoms with Crippen LogP contribution in [-0.2, 0) is 16.8 Å². The number of nitrogens with one attached hydrogen (secondary N) is 1. The molecule has 1 atom stereocenters. The van der Waals surface area contributed by atoms with Gasteiger partial charge in [-0.05, 0) is 11.1 Å². The quantitative estimate of drug-likeness (QED) is 0.874. The molecule has 0 aromatic heterocycles. The maximum atomic E-state index is 11.2. The van der Waals surface area contributed by atoms with E-state index < -0.39 is 5.60 Å². The molecular formula is C17H19NO2. The summed E-state index contributed by atoms with van der Waals surface area (Å²) in [7, 11) is 0. The number of aliphatic hydroxyl groups is 1. The summed E-state index contributed by atoms with van der Waals surface area (Å²) in [6.07, 6.45) is 0.456. The Morgan fingerprint density at radius 3 is 2.15 bits per heavy atom. The van der Waals surface area contributed by atoms with E-state index in [-0.39, 0.29) is 12.5 Å². The summed E-state index contributed by atoms with van der Waals surface area (Å²) in [4.78, 5) is 11.2. The molecule has 0 aliphatic rings. The lowest BCUT2D eigenvalue weighted by molar-refractivity contribution is -0.120. The molecular weight excluding hydrogens is 250 g/mol. The molecule has 0 radical (unpaired) electrons. The number of carbonyl (C=O) groups excluding carboxylic acids is 1. The molecule has 3 nitrogen and oxygen atoms in total. The van der Waals surface area contributed by atoms with Gasteiger partial charge in [-0.15, -0.1) is 0 Å². The molecule has 0 saturated heterocycles. The molecule has 20 heavy (non-hydrogen) atoms. The fourth-order valence-corrected chi connectivity index (χ4v) is 2.22. The average molecular weight is 269 g/mol. The fourth-order valence-electron chi connectivity index (χ4n) is 2.22. The van der Waals surface area contributed by atoms with Gasteiger partial charge in [-0.1, -0.05) is 60.7 Å². The minimum absolute atomic E-state index is 0.146.